The maximum atomic E-state index is 12.3. The van der Waals surface area contributed by atoms with Gasteiger partial charge in [-0.15, -0.1) is 0 Å². The maximum Gasteiger partial charge on any atom is 0.227 e. The molecule has 4 nitrogen and oxygen atoms in total. The van der Waals surface area contributed by atoms with Crippen molar-refractivity contribution in [2.75, 3.05) is 18.5 Å². The first kappa shape index (κ1) is 16.1. The fourth-order valence-electron chi connectivity index (χ4n) is 2.52. The molecular weight excluding hydrogens is 288 g/mol. The minimum Gasteiger partial charge on any atom is -0.492 e. The first-order chi connectivity index (χ1) is 10.1. The third-order valence-corrected chi connectivity index (χ3v) is 3.95. The number of halogens is 1. The van der Waals surface area contributed by atoms with Crippen molar-refractivity contribution in [1.29, 1.82) is 0 Å². The Balaban J connectivity index is 1.96. The third kappa shape index (κ3) is 4.61. The quantitative estimate of drug-likeness (QED) is 0.875. The molecule has 0 radical (unpaired) electrons. The number of amides is 1. The van der Waals surface area contributed by atoms with Crippen LogP contribution in [0.2, 0.25) is 5.02 Å². The summed E-state index contributed by atoms with van der Waals surface area (Å²) in [4.78, 5) is 12.3. The molecule has 1 aliphatic heterocycles. The summed E-state index contributed by atoms with van der Waals surface area (Å²) in [5.74, 6) is 0.796. The minimum atomic E-state index is 0.0658. The Morgan fingerprint density at radius 3 is 3.00 bits per heavy atom. The maximum absolute atomic E-state index is 12.3. The highest BCUT2D eigenvalue weighted by Gasteiger charge is 2.24. The van der Waals surface area contributed by atoms with Crippen LogP contribution < -0.4 is 15.4 Å². The molecule has 0 unspecified atom stereocenters. The third-order valence-electron chi connectivity index (χ3n) is 3.66. The molecule has 2 atom stereocenters. The highest BCUT2D eigenvalue weighted by Crippen LogP contribution is 2.28. The largest absolute Gasteiger partial charge is 0.492 e. The average molecular weight is 311 g/mol. The number of carbonyl (C=O) groups is 1. The number of hydrogen-bond acceptors (Lipinski definition) is 3. The van der Waals surface area contributed by atoms with E-state index in [4.69, 9.17) is 16.3 Å². The summed E-state index contributed by atoms with van der Waals surface area (Å²) in [6.07, 6.45) is 2.68. The van der Waals surface area contributed by atoms with E-state index in [0.717, 1.165) is 31.5 Å². The van der Waals surface area contributed by atoms with Gasteiger partial charge in [-0.2, -0.15) is 0 Å². The van der Waals surface area contributed by atoms with E-state index in [0.29, 0.717) is 23.4 Å². The molecule has 0 saturated carbocycles. The number of hydrogen-bond donors (Lipinski definition) is 2. The van der Waals surface area contributed by atoms with E-state index in [2.05, 4.69) is 17.6 Å². The lowest BCUT2D eigenvalue weighted by molar-refractivity contribution is -0.120. The summed E-state index contributed by atoms with van der Waals surface area (Å²) in [6, 6.07) is 5.77. The summed E-state index contributed by atoms with van der Waals surface area (Å²) in [5.41, 5.74) is 0.722. The van der Waals surface area contributed by atoms with E-state index in [1.165, 1.54) is 0 Å². The van der Waals surface area contributed by atoms with Gasteiger partial charge in [-0.05, 0) is 50.9 Å². The molecule has 0 spiro atoms. The van der Waals surface area contributed by atoms with Crippen molar-refractivity contribution in [1.82, 2.24) is 5.32 Å². The zero-order valence-electron chi connectivity index (χ0n) is 12.6. The topological polar surface area (TPSA) is 50.4 Å². The van der Waals surface area contributed by atoms with Gasteiger partial charge in [0.05, 0.1) is 11.6 Å². The first-order valence-corrected chi connectivity index (χ1v) is 7.94. The Kier molecular flexibility index (Phi) is 5.88. The summed E-state index contributed by atoms with van der Waals surface area (Å²) in [6.45, 7) is 5.68. The van der Waals surface area contributed by atoms with Crippen molar-refractivity contribution in [2.45, 2.75) is 39.2 Å². The zero-order valence-corrected chi connectivity index (χ0v) is 13.4. The van der Waals surface area contributed by atoms with Crippen LogP contribution in [0.15, 0.2) is 18.2 Å². The molecule has 1 aromatic rings. The molecular formula is C16H23ClN2O2. The van der Waals surface area contributed by atoms with Crippen LogP contribution in [0.25, 0.3) is 0 Å². The Hall–Kier alpha value is -1.26. The van der Waals surface area contributed by atoms with Gasteiger partial charge in [0.2, 0.25) is 5.91 Å². The first-order valence-electron chi connectivity index (χ1n) is 7.56. The van der Waals surface area contributed by atoms with Gasteiger partial charge in [-0.1, -0.05) is 18.5 Å². The molecule has 0 aromatic heterocycles. The minimum absolute atomic E-state index is 0.0658. The molecule has 1 amide bonds. The SMILES string of the molecule is CCCOc1ccc(NC(=O)[C@H]2CCN[C@@H](C)C2)cc1Cl. The van der Waals surface area contributed by atoms with E-state index >= 15 is 0 Å². The summed E-state index contributed by atoms with van der Waals surface area (Å²) >= 11 is 6.17. The van der Waals surface area contributed by atoms with Gasteiger partial charge in [0.15, 0.2) is 0 Å². The van der Waals surface area contributed by atoms with E-state index < -0.39 is 0 Å². The van der Waals surface area contributed by atoms with Crippen LogP contribution in [-0.4, -0.2) is 25.1 Å². The van der Waals surface area contributed by atoms with Crippen LogP contribution >= 0.6 is 11.6 Å². The van der Waals surface area contributed by atoms with Crippen LogP contribution in [0.1, 0.15) is 33.1 Å². The van der Waals surface area contributed by atoms with Crippen molar-refractivity contribution in [3.05, 3.63) is 23.2 Å². The lowest BCUT2D eigenvalue weighted by Crippen LogP contribution is -2.40. The smallest absolute Gasteiger partial charge is 0.227 e. The van der Waals surface area contributed by atoms with E-state index in [1.807, 2.05) is 13.0 Å². The van der Waals surface area contributed by atoms with Crippen molar-refractivity contribution >= 4 is 23.2 Å². The highest BCUT2D eigenvalue weighted by atomic mass is 35.5. The van der Waals surface area contributed by atoms with Gasteiger partial charge in [0.1, 0.15) is 5.75 Å². The van der Waals surface area contributed by atoms with Crippen LogP contribution in [0, 0.1) is 5.92 Å². The van der Waals surface area contributed by atoms with Gasteiger partial charge in [-0.25, -0.2) is 0 Å². The lowest BCUT2D eigenvalue weighted by Gasteiger charge is -2.27. The molecule has 0 bridgehead atoms. The average Bonchev–Trinajstić information content (AvgIpc) is 2.46. The molecule has 5 heteroatoms. The van der Waals surface area contributed by atoms with Gasteiger partial charge >= 0.3 is 0 Å². The number of nitrogens with one attached hydrogen (secondary N) is 2. The molecule has 116 valence electrons. The van der Waals surface area contributed by atoms with Crippen molar-refractivity contribution < 1.29 is 9.53 Å². The van der Waals surface area contributed by atoms with Crippen LogP contribution in [0.4, 0.5) is 5.69 Å². The number of piperidine rings is 1. The summed E-state index contributed by atoms with van der Waals surface area (Å²) in [7, 11) is 0. The number of anilines is 1. The van der Waals surface area contributed by atoms with Crippen LogP contribution in [0.3, 0.4) is 0 Å². The standard InChI is InChI=1S/C16H23ClN2O2/c1-3-8-21-15-5-4-13(10-14(15)17)19-16(20)12-6-7-18-11(2)9-12/h4-5,10-12,18H,3,6-9H2,1-2H3,(H,19,20)/t11-,12-/m0/s1. The normalized spacial score (nSPS) is 21.9. The van der Waals surface area contributed by atoms with Crippen LogP contribution in [0.5, 0.6) is 5.75 Å². The van der Waals surface area contributed by atoms with Gasteiger partial charge in [0.25, 0.3) is 0 Å². The fourth-order valence-corrected chi connectivity index (χ4v) is 2.76. The van der Waals surface area contributed by atoms with Gasteiger partial charge < -0.3 is 15.4 Å². The predicted octanol–water partition coefficient (Wildman–Crippen LogP) is 3.46. The lowest BCUT2D eigenvalue weighted by atomic mass is 9.92. The summed E-state index contributed by atoms with van der Waals surface area (Å²) in [5, 5.41) is 6.83. The van der Waals surface area contributed by atoms with Crippen molar-refractivity contribution in [2.24, 2.45) is 5.92 Å². The number of ether oxygens (including phenoxy) is 1. The predicted molar refractivity (Wildman–Crippen MR) is 86.1 cm³/mol. The molecule has 1 heterocycles. The molecule has 1 aromatic carbocycles. The Morgan fingerprint density at radius 1 is 1.52 bits per heavy atom. The second kappa shape index (κ2) is 7.66. The zero-order chi connectivity index (χ0) is 15.2. The Labute approximate surface area is 131 Å². The molecule has 21 heavy (non-hydrogen) atoms. The van der Waals surface area contributed by atoms with Crippen molar-refractivity contribution in [3.8, 4) is 5.75 Å². The van der Waals surface area contributed by atoms with E-state index in [9.17, 15) is 4.79 Å². The van der Waals surface area contributed by atoms with Gasteiger partial charge in [0, 0.05) is 17.6 Å². The second-order valence-corrected chi connectivity index (χ2v) is 5.97. The molecule has 1 aliphatic rings. The molecule has 0 aliphatic carbocycles. The molecule has 1 fully saturated rings. The van der Waals surface area contributed by atoms with E-state index in [1.54, 1.807) is 12.1 Å². The number of benzene rings is 1. The number of rotatable bonds is 5. The fraction of sp³-hybridized carbons (Fsp3) is 0.562. The van der Waals surface area contributed by atoms with Crippen LogP contribution in [-0.2, 0) is 4.79 Å². The molecule has 2 N–H and O–H groups in total. The Bertz CT molecular complexity index is 493. The summed E-state index contributed by atoms with van der Waals surface area (Å²) < 4.78 is 5.52. The highest BCUT2D eigenvalue weighted by molar-refractivity contribution is 6.32. The molecule has 1 saturated heterocycles. The van der Waals surface area contributed by atoms with Gasteiger partial charge in [-0.3, -0.25) is 4.79 Å². The Morgan fingerprint density at radius 2 is 2.33 bits per heavy atom. The van der Waals surface area contributed by atoms with Crippen molar-refractivity contribution in [3.63, 3.8) is 0 Å². The monoisotopic (exact) mass is 310 g/mol. The number of carbonyl (C=O) groups excluding carboxylic acids is 1. The molecule has 2 rings (SSSR count). The van der Waals surface area contributed by atoms with E-state index in [-0.39, 0.29) is 11.8 Å². The second-order valence-electron chi connectivity index (χ2n) is 5.56.